The molecule has 0 atom stereocenters. The number of carbonyl (C=O) groups excluding carboxylic acids is 1. The normalized spacial score (nSPS) is 15.1. The monoisotopic (exact) mass is 483 g/mol. The number of amides is 1. The molecule has 4 rings (SSSR count). The van der Waals surface area contributed by atoms with E-state index in [0.29, 0.717) is 24.5 Å². The van der Waals surface area contributed by atoms with Gasteiger partial charge in [-0.1, -0.05) is 11.6 Å². The van der Waals surface area contributed by atoms with E-state index in [0.717, 1.165) is 10.7 Å². The largest absolute Gasteiger partial charge is 0.493 e. The number of nitrogens with one attached hydrogen (secondary N) is 1. The van der Waals surface area contributed by atoms with Crippen LogP contribution in [0.15, 0.2) is 48.8 Å². The summed E-state index contributed by atoms with van der Waals surface area (Å²) in [6.45, 7) is 3.86. The molecule has 1 aliphatic heterocycles. The number of thiocarbonyl (C=S) groups is 1. The number of hydrogen-bond acceptors (Lipinski definition) is 5. The van der Waals surface area contributed by atoms with Crippen molar-refractivity contribution in [2.45, 2.75) is 25.8 Å². The average molecular weight is 484 g/mol. The first-order valence-corrected chi connectivity index (χ1v) is 10.8. The minimum Gasteiger partial charge on any atom is -0.493 e. The van der Waals surface area contributed by atoms with E-state index in [1.165, 1.54) is 12.1 Å². The molecule has 1 saturated heterocycles. The highest BCUT2D eigenvalue weighted by Crippen LogP contribution is 2.39. The van der Waals surface area contributed by atoms with Gasteiger partial charge in [-0.15, -0.1) is 0 Å². The number of nitriles is 1. The number of anilines is 2. The van der Waals surface area contributed by atoms with Crippen LogP contribution in [0.5, 0.6) is 5.75 Å². The predicted octanol–water partition coefficient (Wildman–Crippen LogP) is 4.61. The number of nitrogens with zero attached hydrogens (tertiary/aromatic N) is 4. The first kappa shape index (κ1) is 22.7. The van der Waals surface area contributed by atoms with Crippen molar-refractivity contribution in [2.75, 3.05) is 16.4 Å². The van der Waals surface area contributed by atoms with Gasteiger partial charge in [0.1, 0.15) is 23.2 Å². The maximum Gasteiger partial charge on any atom is 0.259 e. The number of H-pyrrole nitrogens is 1. The molecule has 0 unspecified atom stereocenters. The number of halogens is 2. The van der Waals surface area contributed by atoms with Crippen LogP contribution in [0.2, 0.25) is 5.02 Å². The molecule has 2 heterocycles. The van der Waals surface area contributed by atoms with Crippen LogP contribution in [0.4, 0.5) is 15.8 Å². The van der Waals surface area contributed by atoms with Crippen molar-refractivity contribution in [2.24, 2.45) is 0 Å². The molecule has 1 aliphatic rings. The highest BCUT2D eigenvalue weighted by molar-refractivity contribution is 7.81. The van der Waals surface area contributed by atoms with Crippen LogP contribution < -0.4 is 14.5 Å². The van der Waals surface area contributed by atoms with Gasteiger partial charge in [0.05, 0.1) is 22.9 Å². The molecule has 1 N–H and O–H groups in total. The van der Waals surface area contributed by atoms with Crippen LogP contribution in [0.3, 0.4) is 0 Å². The summed E-state index contributed by atoms with van der Waals surface area (Å²) in [6, 6.07) is 11.6. The molecule has 1 amide bonds. The van der Waals surface area contributed by atoms with Gasteiger partial charge in [-0.05, 0) is 62.5 Å². The highest BCUT2D eigenvalue weighted by atomic mass is 35.5. The Morgan fingerprint density at radius 1 is 1.27 bits per heavy atom. The number of hydrogen-bond donors (Lipinski definition) is 1. The SMILES string of the molecule is CC1(C)C(=O)N(c2ccc(C#N)c(Cl)c2F)C(=S)N1c1ccc(OCCc2ncc[nH]2)cc1. The molecular weight excluding hydrogens is 465 g/mol. The lowest BCUT2D eigenvalue weighted by atomic mass is 10.0. The van der Waals surface area contributed by atoms with Crippen molar-refractivity contribution in [1.29, 1.82) is 5.26 Å². The lowest BCUT2D eigenvalue weighted by Crippen LogP contribution is -2.44. The minimum absolute atomic E-state index is 0.0192. The summed E-state index contributed by atoms with van der Waals surface area (Å²) in [5.74, 6) is 0.209. The molecule has 1 fully saturated rings. The summed E-state index contributed by atoms with van der Waals surface area (Å²) in [4.78, 5) is 23.2. The van der Waals surface area contributed by atoms with E-state index < -0.39 is 17.3 Å². The summed E-state index contributed by atoms with van der Waals surface area (Å²) < 4.78 is 20.7. The Kier molecular flexibility index (Phi) is 6.06. The van der Waals surface area contributed by atoms with E-state index in [1.807, 2.05) is 6.07 Å². The zero-order valence-electron chi connectivity index (χ0n) is 17.8. The van der Waals surface area contributed by atoms with E-state index in [1.54, 1.807) is 55.4 Å². The van der Waals surface area contributed by atoms with E-state index >= 15 is 0 Å². The van der Waals surface area contributed by atoms with Gasteiger partial charge in [0.25, 0.3) is 5.91 Å². The van der Waals surface area contributed by atoms with Gasteiger partial charge in [0.15, 0.2) is 10.9 Å². The highest BCUT2D eigenvalue weighted by Gasteiger charge is 2.51. The molecule has 7 nitrogen and oxygen atoms in total. The Labute approximate surface area is 200 Å². The second kappa shape index (κ2) is 8.81. The van der Waals surface area contributed by atoms with Gasteiger partial charge >= 0.3 is 0 Å². The van der Waals surface area contributed by atoms with Crippen LogP contribution in [0.1, 0.15) is 25.2 Å². The van der Waals surface area contributed by atoms with E-state index in [2.05, 4.69) is 9.97 Å². The Bertz CT molecular complexity index is 1260. The molecule has 1 aromatic heterocycles. The first-order valence-electron chi connectivity index (χ1n) is 10.0. The van der Waals surface area contributed by atoms with Crippen LogP contribution in [0.25, 0.3) is 0 Å². The van der Waals surface area contributed by atoms with Crippen molar-refractivity contribution in [3.05, 3.63) is 71.0 Å². The number of rotatable bonds is 6. The van der Waals surface area contributed by atoms with Crippen LogP contribution in [0, 0.1) is 17.1 Å². The number of carbonyl (C=O) groups is 1. The van der Waals surface area contributed by atoms with Crippen LogP contribution >= 0.6 is 23.8 Å². The molecule has 0 aliphatic carbocycles. The number of aromatic nitrogens is 2. The average Bonchev–Trinajstić information content (AvgIpc) is 3.36. The van der Waals surface area contributed by atoms with Crippen LogP contribution in [-0.4, -0.2) is 33.1 Å². The molecule has 0 saturated carbocycles. The third-order valence-electron chi connectivity index (χ3n) is 5.35. The number of imidazole rings is 1. The zero-order valence-corrected chi connectivity index (χ0v) is 19.4. The Morgan fingerprint density at radius 3 is 2.64 bits per heavy atom. The predicted molar refractivity (Wildman–Crippen MR) is 127 cm³/mol. The first-order chi connectivity index (χ1) is 15.8. The third-order valence-corrected chi connectivity index (χ3v) is 6.08. The van der Waals surface area contributed by atoms with Gasteiger partial charge in [-0.25, -0.2) is 9.37 Å². The van der Waals surface area contributed by atoms with E-state index in [-0.39, 0.29) is 21.4 Å². The molecule has 10 heteroatoms. The van der Waals surface area contributed by atoms with Gasteiger partial charge in [-0.3, -0.25) is 9.69 Å². The molecule has 0 bridgehead atoms. The topological polar surface area (TPSA) is 85.2 Å². The van der Waals surface area contributed by atoms with Gasteiger partial charge in [0.2, 0.25) is 0 Å². The lowest BCUT2D eigenvalue weighted by molar-refractivity contribution is -0.120. The van der Waals surface area contributed by atoms with Gasteiger partial charge in [0, 0.05) is 24.5 Å². The summed E-state index contributed by atoms with van der Waals surface area (Å²) in [5, 5.41) is 8.83. The second-order valence-corrected chi connectivity index (χ2v) is 8.56. The summed E-state index contributed by atoms with van der Waals surface area (Å²) in [6.07, 6.45) is 4.08. The van der Waals surface area contributed by atoms with Gasteiger partial charge < -0.3 is 14.6 Å². The second-order valence-electron chi connectivity index (χ2n) is 7.82. The fourth-order valence-electron chi connectivity index (χ4n) is 3.63. The van der Waals surface area contributed by atoms with Crippen LogP contribution in [-0.2, 0) is 11.2 Å². The third kappa shape index (κ3) is 4.03. The molecule has 3 aromatic rings. The molecular formula is C23H19ClFN5O2S. The summed E-state index contributed by atoms with van der Waals surface area (Å²) in [5.41, 5.74) is -0.540. The molecule has 0 spiro atoms. The summed E-state index contributed by atoms with van der Waals surface area (Å²) in [7, 11) is 0. The summed E-state index contributed by atoms with van der Waals surface area (Å²) >= 11 is 11.6. The lowest BCUT2D eigenvalue weighted by Gasteiger charge is -2.29. The molecule has 0 radical (unpaired) electrons. The smallest absolute Gasteiger partial charge is 0.259 e. The maximum absolute atomic E-state index is 14.9. The molecule has 2 aromatic carbocycles. The Hall–Kier alpha value is -3.48. The maximum atomic E-state index is 14.9. The standard InChI is InChI=1S/C23H19ClFN5O2S/c1-23(2)21(31)29(17-8-3-14(13-26)19(24)20(17)25)22(33)30(23)15-4-6-16(7-5-15)32-12-9-18-27-10-11-28-18/h3-8,10-11H,9,12H2,1-2H3,(H,27,28). The number of ether oxygens (including phenoxy) is 1. The molecule has 33 heavy (non-hydrogen) atoms. The van der Waals surface area contributed by atoms with E-state index in [9.17, 15) is 9.18 Å². The number of benzene rings is 2. The van der Waals surface area contributed by atoms with Crippen molar-refractivity contribution >= 4 is 46.2 Å². The fourth-order valence-corrected chi connectivity index (χ4v) is 4.35. The van der Waals surface area contributed by atoms with Crippen molar-refractivity contribution in [3.63, 3.8) is 0 Å². The molecule has 168 valence electrons. The number of aromatic amines is 1. The zero-order chi connectivity index (χ0) is 23.8. The van der Waals surface area contributed by atoms with Crippen molar-refractivity contribution in [3.8, 4) is 11.8 Å². The Morgan fingerprint density at radius 2 is 2.00 bits per heavy atom. The van der Waals surface area contributed by atoms with Crippen molar-refractivity contribution in [1.82, 2.24) is 9.97 Å². The quantitative estimate of drug-likeness (QED) is 0.515. The van der Waals surface area contributed by atoms with Gasteiger partial charge in [-0.2, -0.15) is 5.26 Å². The Balaban J connectivity index is 1.57. The van der Waals surface area contributed by atoms with Crippen molar-refractivity contribution < 1.29 is 13.9 Å². The fraction of sp³-hybridized carbons (Fsp3) is 0.217. The van der Waals surface area contributed by atoms with E-state index in [4.69, 9.17) is 33.8 Å². The minimum atomic E-state index is -1.08.